The minimum Gasteiger partial charge on any atom is -0.292 e. The van der Waals surface area contributed by atoms with Gasteiger partial charge in [0.25, 0.3) is 0 Å². The predicted octanol–water partition coefficient (Wildman–Crippen LogP) is 2.88. The van der Waals surface area contributed by atoms with Gasteiger partial charge in [-0.05, 0) is 24.5 Å². The van der Waals surface area contributed by atoms with E-state index in [0.717, 1.165) is 0 Å². The second kappa shape index (κ2) is 4.00. The van der Waals surface area contributed by atoms with Gasteiger partial charge in [0.1, 0.15) is 0 Å². The van der Waals surface area contributed by atoms with Crippen molar-refractivity contribution in [3.8, 4) is 0 Å². The molecule has 0 saturated heterocycles. The maximum atomic E-state index is 13.0. The molecule has 1 aliphatic rings. The zero-order chi connectivity index (χ0) is 13.6. The van der Waals surface area contributed by atoms with Crippen molar-refractivity contribution in [1.82, 2.24) is 4.98 Å². The Hall–Kier alpha value is -1.53. The van der Waals surface area contributed by atoms with Crippen molar-refractivity contribution in [3.05, 3.63) is 29.6 Å². The molecule has 1 heterocycles. The Bertz CT molecular complexity index is 483. The number of alkyl halides is 5. The maximum Gasteiger partial charge on any atom is 0.461 e. The average Bonchev–Trinajstić information content (AvgIpc) is 2.70. The molecule has 0 saturated carbocycles. The molecule has 98 valence electrons. The van der Waals surface area contributed by atoms with Gasteiger partial charge in [-0.1, -0.05) is 6.07 Å². The Morgan fingerprint density at radius 2 is 1.94 bits per heavy atom. The molecular formula is C11H8F5NO. The molecule has 1 aliphatic carbocycles. The molecule has 7 heteroatoms. The molecule has 0 radical (unpaired) electrons. The van der Waals surface area contributed by atoms with E-state index in [1.807, 2.05) is 0 Å². The first kappa shape index (κ1) is 12.9. The number of ketones is 1. The van der Waals surface area contributed by atoms with Crippen LogP contribution in [0.5, 0.6) is 0 Å². The summed E-state index contributed by atoms with van der Waals surface area (Å²) in [6, 6.07) is 3.12. The number of aromatic nitrogens is 1. The molecule has 2 rings (SSSR count). The number of carbonyl (C=O) groups is 1. The van der Waals surface area contributed by atoms with Crippen molar-refractivity contribution >= 4 is 5.78 Å². The third kappa shape index (κ3) is 1.87. The molecule has 0 fully saturated rings. The van der Waals surface area contributed by atoms with E-state index in [1.165, 1.54) is 6.20 Å². The van der Waals surface area contributed by atoms with Gasteiger partial charge in [-0.25, -0.2) is 0 Å². The SMILES string of the molecule is O=C(C1CCc2cccnc21)C(F)(F)C(F)(F)F. The maximum absolute atomic E-state index is 13.0. The van der Waals surface area contributed by atoms with Crippen LogP contribution in [-0.2, 0) is 11.2 Å². The number of rotatable bonds is 2. The second-order valence-corrected chi connectivity index (χ2v) is 4.08. The number of Topliss-reactive ketones (excluding diaryl/α,β-unsaturated/α-hetero) is 1. The summed E-state index contributed by atoms with van der Waals surface area (Å²) < 4.78 is 62.3. The molecule has 0 N–H and O–H groups in total. The monoisotopic (exact) mass is 265 g/mol. The van der Waals surface area contributed by atoms with Crippen LogP contribution in [0.3, 0.4) is 0 Å². The standard InChI is InChI=1S/C11H8F5NO/c12-10(13,11(14,15)16)9(18)7-4-3-6-2-1-5-17-8(6)7/h1-2,5,7H,3-4H2. The van der Waals surface area contributed by atoms with E-state index in [9.17, 15) is 26.7 Å². The average molecular weight is 265 g/mol. The molecule has 0 amide bonds. The van der Waals surface area contributed by atoms with Crippen LogP contribution in [0.25, 0.3) is 0 Å². The molecule has 1 aromatic heterocycles. The van der Waals surface area contributed by atoms with Crippen molar-refractivity contribution in [2.45, 2.75) is 30.9 Å². The number of nitrogens with zero attached hydrogens (tertiary/aromatic N) is 1. The highest BCUT2D eigenvalue weighted by molar-refractivity contribution is 5.93. The summed E-state index contributed by atoms with van der Waals surface area (Å²) in [4.78, 5) is 15.1. The van der Waals surface area contributed by atoms with Gasteiger partial charge < -0.3 is 0 Å². The van der Waals surface area contributed by atoms with Crippen molar-refractivity contribution < 1.29 is 26.7 Å². The van der Waals surface area contributed by atoms with Crippen LogP contribution in [0.2, 0.25) is 0 Å². The Labute approximate surface area is 98.8 Å². The van der Waals surface area contributed by atoms with E-state index in [0.29, 0.717) is 5.56 Å². The molecule has 2 nitrogen and oxygen atoms in total. The highest BCUT2D eigenvalue weighted by Crippen LogP contribution is 2.43. The highest BCUT2D eigenvalue weighted by atomic mass is 19.4. The second-order valence-electron chi connectivity index (χ2n) is 4.08. The molecule has 0 aromatic carbocycles. The van der Waals surface area contributed by atoms with Crippen LogP contribution in [0.15, 0.2) is 18.3 Å². The van der Waals surface area contributed by atoms with Gasteiger partial charge in [0.15, 0.2) is 0 Å². The van der Waals surface area contributed by atoms with Crippen LogP contribution < -0.4 is 0 Å². The summed E-state index contributed by atoms with van der Waals surface area (Å²) in [5, 5.41) is 0. The molecule has 0 bridgehead atoms. The smallest absolute Gasteiger partial charge is 0.292 e. The minimum atomic E-state index is -5.86. The van der Waals surface area contributed by atoms with Crippen LogP contribution in [0.1, 0.15) is 23.6 Å². The zero-order valence-corrected chi connectivity index (χ0v) is 8.97. The quantitative estimate of drug-likeness (QED) is 0.769. The zero-order valence-electron chi connectivity index (χ0n) is 8.97. The van der Waals surface area contributed by atoms with E-state index >= 15 is 0 Å². The van der Waals surface area contributed by atoms with Crippen molar-refractivity contribution in [1.29, 1.82) is 0 Å². The summed E-state index contributed by atoms with van der Waals surface area (Å²) in [5.41, 5.74) is 0.584. The van der Waals surface area contributed by atoms with E-state index in [4.69, 9.17) is 0 Å². The molecule has 1 unspecified atom stereocenters. The predicted molar refractivity (Wildman–Crippen MR) is 51.3 cm³/mol. The lowest BCUT2D eigenvalue weighted by Gasteiger charge is -2.21. The van der Waals surface area contributed by atoms with Crippen LogP contribution >= 0.6 is 0 Å². The van der Waals surface area contributed by atoms with E-state index in [1.54, 1.807) is 12.1 Å². The normalized spacial score (nSPS) is 19.7. The fourth-order valence-electron chi connectivity index (χ4n) is 2.03. The summed E-state index contributed by atoms with van der Waals surface area (Å²) in [7, 11) is 0. The van der Waals surface area contributed by atoms with E-state index in [-0.39, 0.29) is 18.5 Å². The van der Waals surface area contributed by atoms with Crippen molar-refractivity contribution in [2.75, 3.05) is 0 Å². The van der Waals surface area contributed by atoms with Gasteiger partial charge in [0.2, 0.25) is 5.78 Å². The fraction of sp³-hybridized carbons (Fsp3) is 0.455. The number of fused-ring (bicyclic) bond motifs is 1. The largest absolute Gasteiger partial charge is 0.461 e. The van der Waals surface area contributed by atoms with Crippen LogP contribution in [0.4, 0.5) is 22.0 Å². The first-order chi connectivity index (χ1) is 8.25. The first-order valence-electron chi connectivity index (χ1n) is 5.18. The van der Waals surface area contributed by atoms with Crippen molar-refractivity contribution in [3.63, 3.8) is 0 Å². The Morgan fingerprint density at radius 3 is 2.56 bits per heavy atom. The summed E-state index contributed by atoms with van der Waals surface area (Å²) in [6.45, 7) is 0. The third-order valence-electron chi connectivity index (χ3n) is 2.94. The third-order valence-corrected chi connectivity index (χ3v) is 2.94. The molecular weight excluding hydrogens is 257 g/mol. The number of pyridine rings is 1. The summed E-state index contributed by atoms with van der Waals surface area (Å²) in [6.07, 6.45) is -4.36. The summed E-state index contributed by atoms with van der Waals surface area (Å²) in [5.74, 6) is -8.91. The van der Waals surface area contributed by atoms with E-state index in [2.05, 4.69) is 4.98 Å². The van der Waals surface area contributed by atoms with Crippen LogP contribution in [-0.4, -0.2) is 22.9 Å². The Balaban J connectivity index is 2.33. The van der Waals surface area contributed by atoms with Gasteiger partial charge in [0, 0.05) is 6.20 Å². The minimum absolute atomic E-state index is 0.0337. The number of halogens is 5. The lowest BCUT2D eigenvalue weighted by Crippen LogP contribution is -2.46. The lowest BCUT2D eigenvalue weighted by atomic mass is 9.96. The van der Waals surface area contributed by atoms with Gasteiger partial charge in [-0.2, -0.15) is 22.0 Å². The highest BCUT2D eigenvalue weighted by Gasteiger charge is 2.64. The van der Waals surface area contributed by atoms with E-state index < -0.39 is 23.8 Å². The van der Waals surface area contributed by atoms with Crippen LogP contribution in [0, 0.1) is 0 Å². The fourth-order valence-corrected chi connectivity index (χ4v) is 2.03. The molecule has 0 aliphatic heterocycles. The van der Waals surface area contributed by atoms with Crippen molar-refractivity contribution in [2.24, 2.45) is 0 Å². The van der Waals surface area contributed by atoms with Gasteiger partial charge in [-0.15, -0.1) is 0 Å². The summed E-state index contributed by atoms with van der Waals surface area (Å²) >= 11 is 0. The molecule has 1 aromatic rings. The van der Waals surface area contributed by atoms with Gasteiger partial charge in [0.05, 0.1) is 11.6 Å². The molecule has 0 spiro atoms. The Kier molecular flexibility index (Phi) is 2.87. The number of hydrogen-bond donors (Lipinski definition) is 0. The van der Waals surface area contributed by atoms with Gasteiger partial charge >= 0.3 is 12.1 Å². The number of hydrogen-bond acceptors (Lipinski definition) is 2. The topological polar surface area (TPSA) is 30.0 Å². The lowest BCUT2D eigenvalue weighted by molar-refractivity contribution is -0.269. The first-order valence-corrected chi connectivity index (χ1v) is 5.18. The number of carbonyl (C=O) groups excluding carboxylic acids is 1. The number of aryl methyl sites for hydroxylation is 1. The Morgan fingerprint density at radius 1 is 1.28 bits per heavy atom. The van der Waals surface area contributed by atoms with Gasteiger partial charge in [-0.3, -0.25) is 9.78 Å². The molecule has 1 atom stereocenters. The molecule has 18 heavy (non-hydrogen) atoms.